The summed E-state index contributed by atoms with van der Waals surface area (Å²) in [4.78, 5) is 25.3. The van der Waals surface area contributed by atoms with Crippen LogP contribution >= 0.6 is 23.5 Å². The van der Waals surface area contributed by atoms with Crippen molar-refractivity contribution in [2.75, 3.05) is 12.8 Å². The van der Waals surface area contributed by atoms with Crippen LogP contribution in [0.15, 0.2) is 84.9 Å². The van der Waals surface area contributed by atoms with Gasteiger partial charge in [-0.05, 0) is 36.1 Å². The molecule has 0 spiro atoms. The third-order valence-corrected chi connectivity index (χ3v) is 8.25. The van der Waals surface area contributed by atoms with Gasteiger partial charge in [0.25, 0.3) is 0 Å². The lowest BCUT2D eigenvalue weighted by atomic mass is 10.0. The number of hydrogen-bond donors (Lipinski definition) is 2. The molecule has 0 aliphatic rings. The first kappa shape index (κ1) is 26.9. The third kappa shape index (κ3) is 8.48. The maximum atomic E-state index is 12.7. The summed E-state index contributed by atoms with van der Waals surface area (Å²) in [5.74, 6) is 2.05. The molecule has 1 atom stereocenters. The molecular weight excluding hydrogens is 472 g/mol. The van der Waals surface area contributed by atoms with Crippen LogP contribution in [0, 0.1) is 0 Å². The lowest BCUT2D eigenvalue weighted by Gasteiger charge is -2.33. The number of carbonyl (C=O) groups excluding carboxylic acids is 2. The fourth-order valence-corrected chi connectivity index (χ4v) is 5.60. The zero-order valence-electron chi connectivity index (χ0n) is 20.6. The summed E-state index contributed by atoms with van der Waals surface area (Å²) in [5, 5.41) is 5.69. The number of benzene rings is 3. The van der Waals surface area contributed by atoms with Crippen LogP contribution in [-0.4, -0.2) is 35.4 Å². The summed E-state index contributed by atoms with van der Waals surface area (Å²) < 4.78 is -0.459. The van der Waals surface area contributed by atoms with E-state index in [1.165, 1.54) is 22.3 Å². The topological polar surface area (TPSA) is 58.2 Å². The first-order valence-electron chi connectivity index (χ1n) is 11.8. The highest BCUT2D eigenvalue weighted by molar-refractivity contribution is 8.00. The van der Waals surface area contributed by atoms with Crippen LogP contribution in [-0.2, 0) is 21.1 Å². The van der Waals surface area contributed by atoms with Gasteiger partial charge < -0.3 is 10.6 Å². The van der Waals surface area contributed by atoms with Crippen LogP contribution < -0.4 is 10.6 Å². The van der Waals surface area contributed by atoms with Crippen LogP contribution in [0.1, 0.15) is 31.4 Å². The normalized spacial score (nSPS) is 12.1. The summed E-state index contributed by atoms with van der Waals surface area (Å²) in [7, 11) is 1.61. The van der Waals surface area contributed by atoms with E-state index in [1.807, 2.05) is 50.2 Å². The Morgan fingerprint density at radius 1 is 0.800 bits per heavy atom. The van der Waals surface area contributed by atoms with Gasteiger partial charge in [0, 0.05) is 35.5 Å². The zero-order chi connectivity index (χ0) is 25.1. The van der Waals surface area contributed by atoms with Gasteiger partial charge >= 0.3 is 0 Å². The molecule has 2 N–H and O–H groups in total. The molecule has 0 aliphatic heterocycles. The van der Waals surface area contributed by atoms with Crippen molar-refractivity contribution in [3.05, 3.63) is 96.1 Å². The SMILES string of the molecule is CNC(=O)[C@@H](NC(=O)CCSCc1ccc(-c2ccccc2)cc1)C(C)(C)SCc1ccccc1. The summed E-state index contributed by atoms with van der Waals surface area (Å²) in [5.41, 5.74) is 4.84. The number of thioether (sulfide) groups is 2. The molecule has 0 heterocycles. The first-order valence-corrected chi connectivity index (χ1v) is 13.9. The fraction of sp³-hybridized carbons (Fsp3) is 0.310. The van der Waals surface area contributed by atoms with Crippen molar-refractivity contribution < 1.29 is 9.59 Å². The van der Waals surface area contributed by atoms with E-state index in [9.17, 15) is 9.59 Å². The zero-order valence-corrected chi connectivity index (χ0v) is 22.3. The molecule has 4 nitrogen and oxygen atoms in total. The second-order valence-corrected chi connectivity index (χ2v) is 11.6. The Kier molecular flexibility index (Phi) is 10.3. The smallest absolute Gasteiger partial charge is 0.243 e. The van der Waals surface area contributed by atoms with E-state index in [2.05, 4.69) is 59.2 Å². The molecule has 0 bridgehead atoms. The van der Waals surface area contributed by atoms with Crippen molar-refractivity contribution in [2.45, 2.75) is 42.6 Å². The highest BCUT2D eigenvalue weighted by Gasteiger charge is 2.36. The van der Waals surface area contributed by atoms with Crippen molar-refractivity contribution in [3.8, 4) is 11.1 Å². The largest absolute Gasteiger partial charge is 0.357 e. The fourth-order valence-electron chi connectivity index (χ4n) is 3.64. The molecule has 3 aromatic carbocycles. The van der Waals surface area contributed by atoms with Crippen LogP contribution in [0.3, 0.4) is 0 Å². The molecule has 0 saturated heterocycles. The minimum atomic E-state index is -0.607. The number of rotatable bonds is 12. The van der Waals surface area contributed by atoms with Crippen molar-refractivity contribution >= 4 is 35.3 Å². The van der Waals surface area contributed by atoms with Gasteiger partial charge in [-0.3, -0.25) is 9.59 Å². The number of amides is 2. The second-order valence-electron chi connectivity index (χ2n) is 8.86. The minimum Gasteiger partial charge on any atom is -0.357 e. The van der Waals surface area contributed by atoms with Crippen molar-refractivity contribution in [1.29, 1.82) is 0 Å². The highest BCUT2D eigenvalue weighted by atomic mass is 32.2. The standard InChI is InChI=1S/C29H34N2O2S2/c1-29(2,35-21-22-10-6-4-7-11-22)27(28(33)30-3)31-26(32)18-19-34-20-23-14-16-25(17-15-23)24-12-8-5-9-13-24/h4-17,27H,18-21H2,1-3H3,(H,30,33)(H,31,32)/t27-/m1/s1. The Morgan fingerprint density at radius 3 is 2.00 bits per heavy atom. The third-order valence-electron chi connectivity index (χ3n) is 5.77. The average molecular weight is 507 g/mol. The molecule has 35 heavy (non-hydrogen) atoms. The van der Waals surface area contributed by atoms with Crippen LogP contribution in [0.2, 0.25) is 0 Å². The van der Waals surface area contributed by atoms with E-state index in [0.29, 0.717) is 12.2 Å². The first-order chi connectivity index (χ1) is 16.9. The molecule has 0 saturated carbocycles. The second kappa shape index (κ2) is 13.4. The van der Waals surface area contributed by atoms with Crippen LogP contribution in [0.25, 0.3) is 11.1 Å². The summed E-state index contributed by atoms with van der Waals surface area (Å²) >= 11 is 3.40. The quantitative estimate of drug-likeness (QED) is 0.299. The lowest BCUT2D eigenvalue weighted by Crippen LogP contribution is -2.56. The van der Waals surface area contributed by atoms with Gasteiger partial charge in [0.05, 0.1) is 0 Å². The Bertz CT molecular complexity index is 1070. The molecule has 0 aromatic heterocycles. The Labute approximate surface area is 217 Å². The maximum Gasteiger partial charge on any atom is 0.243 e. The van der Waals surface area contributed by atoms with Crippen LogP contribution in [0.4, 0.5) is 0 Å². The Morgan fingerprint density at radius 2 is 1.37 bits per heavy atom. The molecule has 3 aromatic rings. The molecule has 0 aliphatic carbocycles. The molecular formula is C29H34N2O2S2. The molecule has 184 valence electrons. The molecule has 0 fully saturated rings. The molecule has 3 rings (SSSR count). The predicted octanol–water partition coefficient (Wildman–Crippen LogP) is 5.92. The molecule has 0 unspecified atom stereocenters. The van der Waals surface area contributed by atoms with E-state index in [-0.39, 0.29) is 11.8 Å². The summed E-state index contributed by atoms with van der Waals surface area (Å²) in [6.45, 7) is 4.02. The van der Waals surface area contributed by atoms with Gasteiger partial charge in [-0.1, -0.05) is 84.9 Å². The minimum absolute atomic E-state index is 0.0982. The molecule has 2 amide bonds. The maximum absolute atomic E-state index is 12.7. The lowest BCUT2D eigenvalue weighted by molar-refractivity contribution is -0.129. The summed E-state index contributed by atoms with van der Waals surface area (Å²) in [6, 6.07) is 28.4. The van der Waals surface area contributed by atoms with Gasteiger partial charge in [0.15, 0.2) is 0 Å². The number of likely N-dealkylation sites (N-methyl/N-ethyl adjacent to an activating group) is 1. The number of nitrogens with one attached hydrogen (secondary N) is 2. The monoisotopic (exact) mass is 506 g/mol. The van der Waals surface area contributed by atoms with E-state index >= 15 is 0 Å². The van der Waals surface area contributed by atoms with E-state index in [1.54, 1.807) is 30.6 Å². The van der Waals surface area contributed by atoms with Gasteiger partial charge in [-0.2, -0.15) is 11.8 Å². The van der Waals surface area contributed by atoms with E-state index in [0.717, 1.165) is 11.5 Å². The summed E-state index contributed by atoms with van der Waals surface area (Å²) in [6.07, 6.45) is 0.375. The van der Waals surface area contributed by atoms with Gasteiger partial charge in [-0.25, -0.2) is 0 Å². The van der Waals surface area contributed by atoms with Gasteiger partial charge in [0.1, 0.15) is 6.04 Å². The van der Waals surface area contributed by atoms with Crippen molar-refractivity contribution in [3.63, 3.8) is 0 Å². The Balaban J connectivity index is 1.46. The Hall–Kier alpha value is -2.70. The van der Waals surface area contributed by atoms with Gasteiger partial charge in [0.2, 0.25) is 11.8 Å². The molecule has 6 heteroatoms. The number of hydrogen-bond acceptors (Lipinski definition) is 4. The average Bonchev–Trinajstić information content (AvgIpc) is 2.89. The van der Waals surface area contributed by atoms with Crippen LogP contribution in [0.5, 0.6) is 0 Å². The highest BCUT2D eigenvalue weighted by Crippen LogP contribution is 2.31. The van der Waals surface area contributed by atoms with Crippen molar-refractivity contribution in [2.24, 2.45) is 0 Å². The van der Waals surface area contributed by atoms with E-state index in [4.69, 9.17) is 0 Å². The molecule has 0 radical (unpaired) electrons. The van der Waals surface area contributed by atoms with E-state index < -0.39 is 10.8 Å². The van der Waals surface area contributed by atoms with Crippen molar-refractivity contribution in [1.82, 2.24) is 10.6 Å². The predicted molar refractivity (Wildman–Crippen MR) is 150 cm³/mol. The number of carbonyl (C=O) groups is 2. The van der Waals surface area contributed by atoms with Gasteiger partial charge in [-0.15, -0.1) is 11.8 Å².